The van der Waals surface area contributed by atoms with E-state index in [4.69, 9.17) is 5.73 Å². The molecule has 0 amide bonds. The zero-order valence-corrected chi connectivity index (χ0v) is 11.4. The fourth-order valence-corrected chi connectivity index (χ4v) is 2.54. The van der Waals surface area contributed by atoms with Crippen molar-refractivity contribution >= 4 is 29.4 Å². The minimum absolute atomic E-state index is 0. The third-order valence-corrected chi connectivity index (χ3v) is 3.56. The van der Waals surface area contributed by atoms with E-state index in [2.05, 4.69) is 20.3 Å². The van der Waals surface area contributed by atoms with Crippen LogP contribution in [0.1, 0.15) is 18.5 Å². The number of aromatic nitrogens is 3. The van der Waals surface area contributed by atoms with Crippen molar-refractivity contribution in [3.63, 3.8) is 0 Å². The summed E-state index contributed by atoms with van der Waals surface area (Å²) in [5.74, 6) is 0.0134. The first-order valence-electron chi connectivity index (χ1n) is 5.98. The summed E-state index contributed by atoms with van der Waals surface area (Å²) in [6, 6.07) is -0.739. The van der Waals surface area contributed by atoms with Crippen LogP contribution in [-0.4, -0.2) is 43.4 Å². The number of H-pyrrole nitrogens is 2. The number of nitrogen functional groups attached to an aromatic ring is 1. The number of nitrogens with two attached hydrogens (primary N) is 1. The third-order valence-electron chi connectivity index (χ3n) is 3.56. The number of nitrogens with zero attached hydrogens (tertiary/aromatic N) is 1. The smallest absolute Gasteiger partial charge is 0.276 e. The standard InChI is InChI=1S/C11H15N5O3.ClH/c1-3-8(17)9(18)6(14-3)4-2-13-7-5(4)15-11(12)16-10(7)19;/h2-3,6,8-9,13-14,17-18H,1H3,(H3,12,15,16,19);1H/t3-,6+,8-,9+;/m1./s1. The van der Waals surface area contributed by atoms with E-state index in [1.165, 1.54) is 0 Å². The zero-order valence-electron chi connectivity index (χ0n) is 10.6. The molecule has 0 unspecified atom stereocenters. The molecule has 1 aliphatic heterocycles. The summed E-state index contributed by atoms with van der Waals surface area (Å²) in [6.07, 6.45) is -0.233. The summed E-state index contributed by atoms with van der Waals surface area (Å²) >= 11 is 0. The van der Waals surface area contributed by atoms with Crippen molar-refractivity contribution in [3.8, 4) is 0 Å². The highest BCUT2D eigenvalue weighted by molar-refractivity contribution is 5.85. The lowest BCUT2D eigenvalue weighted by atomic mass is 10.0. The summed E-state index contributed by atoms with van der Waals surface area (Å²) < 4.78 is 0. The van der Waals surface area contributed by atoms with Crippen LogP contribution < -0.4 is 16.6 Å². The van der Waals surface area contributed by atoms with Gasteiger partial charge in [-0.15, -0.1) is 12.4 Å². The van der Waals surface area contributed by atoms with Crippen LogP contribution in [0.25, 0.3) is 11.0 Å². The highest BCUT2D eigenvalue weighted by Gasteiger charge is 2.40. The van der Waals surface area contributed by atoms with Crippen LogP contribution in [0.2, 0.25) is 0 Å². The van der Waals surface area contributed by atoms with Gasteiger partial charge in [0.05, 0.1) is 12.1 Å². The molecule has 1 aliphatic rings. The Labute approximate surface area is 119 Å². The average molecular weight is 302 g/mol. The van der Waals surface area contributed by atoms with Gasteiger partial charge >= 0.3 is 0 Å². The van der Waals surface area contributed by atoms with Gasteiger partial charge in [-0.25, -0.2) is 4.98 Å². The maximum atomic E-state index is 11.7. The SMILES string of the molecule is C[C@H]1N[C@@H](c2c[nH]c3c(=O)[nH]c(N)nc23)[C@H](O)[C@@H]1O.Cl. The maximum absolute atomic E-state index is 11.7. The van der Waals surface area contributed by atoms with E-state index in [9.17, 15) is 15.0 Å². The zero-order chi connectivity index (χ0) is 13.7. The molecular weight excluding hydrogens is 286 g/mol. The van der Waals surface area contributed by atoms with Crippen molar-refractivity contribution in [1.82, 2.24) is 20.3 Å². The topological polar surface area (TPSA) is 140 Å². The second kappa shape index (κ2) is 5.06. The fourth-order valence-electron chi connectivity index (χ4n) is 2.54. The molecule has 0 radical (unpaired) electrons. The third kappa shape index (κ3) is 2.06. The Kier molecular flexibility index (Phi) is 3.74. The second-order valence-electron chi connectivity index (χ2n) is 4.83. The Bertz CT molecular complexity index is 684. The van der Waals surface area contributed by atoms with Gasteiger partial charge < -0.3 is 26.2 Å². The molecule has 1 fully saturated rings. The van der Waals surface area contributed by atoms with Gasteiger partial charge in [0.2, 0.25) is 5.95 Å². The molecule has 0 spiro atoms. The number of aliphatic hydroxyl groups is 2. The van der Waals surface area contributed by atoms with Gasteiger partial charge in [0.25, 0.3) is 5.56 Å². The van der Waals surface area contributed by atoms with Crippen LogP contribution in [0.3, 0.4) is 0 Å². The molecular formula is C11H16ClN5O3. The monoisotopic (exact) mass is 301 g/mol. The number of fused-ring (bicyclic) bond motifs is 1. The van der Waals surface area contributed by atoms with Gasteiger partial charge in [-0.05, 0) is 6.92 Å². The Morgan fingerprint density at radius 1 is 1.35 bits per heavy atom. The molecule has 9 heteroatoms. The van der Waals surface area contributed by atoms with E-state index in [-0.39, 0.29) is 30.0 Å². The van der Waals surface area contributed by atoms with E-state index in [0.29, 0.717) is 16.6 Å². The molecule has 2 aromatic heterocycles. The molecule has 110 valence electrons. The molecule has 2 aromatic rings. The highest BCUT2D eigenvalue weighted by Crippen LogP contribution is 2.30. The predicted octanol–water partition coefficient (Wildman–Crippen LogP) is -0.990. The molecule has 3 heterocycles. The lowest BCUT2D eigenvalue weighted by Crippen LogP contribution is -2.29. The van der Waals surface area contributed by atoms with E-state index in [0.717, 1.165) is 0 Å². The normalized spacial score (nSPS) is 29.6. The second-order valence-corrected chi connectivity index (χ2v) is 4.83. The molecule has 0 aromatic carbocycles. The molecule has 8 nitrogen and oxygen atoms in total. The van der Waals surface area contributed by atoms with E-state index in [1.54, 1.807) is 13.1 Å². The van der Waals surface area contributed by atoms with Crippen LogP contribution in [0.5, 0.6) is 0 Å². The molecule has 0 aliphatic carbocycles. The number of aliphatic hydroxyl groups excluding tert-OH is 2. The summed E-state index contributed by atoms with van der Waals surface area (Å²) in [5, 5.41) is 22.9. The fraction of sp³-hybridized carbons (Fsp3) is 0.455. The van der Waals surface area contributed by atoms with Crippen LogP contribution in [0.4, 0.5) is 5.95 Å². The number of halogens is 1. The highest BCUT2D eigenvalue weighted by atomic mass is 35.5. The number of aromatic amines is 2. The minimum Gasteiger partial charge on any atom is -0.389 e. The largest absolute Gasteiger partial charge is 0.389 e. The molecule has 0 saturated carbocycles. The van der Waals surface area contributed by atoms with E-state index >= 15 is 0 Å². The van der Waals surface area contributed by atoms with Gasteiger partial charge in [0, 0.05) is 17.8 Å². The van der Waals surface area contributed by atoms with Crippen molar-refractivity contribution in [2.24, 2.45) is 0 Å². The summed E-state index contributed by atoms with van der Waals surface area (Å²) in [5.41, 5.74) is 6.48. The van der Waals surface area contributed by atoms with Crippen LogP contribution >= 0.6 is 12.4 Å². The van der Waals surface area contributed by atoms with Gasteiger partial charge in [-0.3, -0.25) is 9.78 Å². The van der Waals surface area contributed by atoms with Crippen LogP contribution in [0, 0.1) is 0 Å². The van der Waals surface area contributed by atoms with Crippen LogP contribution in [-0.2, 0) is 0 Å². The molecule has 1 saturated heterocycles. The van der Waals surface area contributed by atoms with Crippen molar-refractivity contribution in [1.29, 1.82) is 0 Å². The Morgan fingerprint density at radius 3 is 2.65 bits per heavy atom. The van der Waals surface area contributed by atoms with Crippen molar-refractivity contribution in [2.45, 2.75) is 31.2 Å². The average Bonchev–Trinajstić information content (AvgIpc) is 2.86. The first kappa shape index (κ1) is 14.8. The molecule has 20 heavy (non-hydrogen) atoms. The molecule has 0 bridgehead atoms. The predicted molar refractivity (Wildman–Crippen MR) is 75.7 cm³/mol. The first-order valence-corrected chi connectivity index (χ1v) is 5.98. The summed E-state index contributed by atoms with van der Waals surface area (Å²) in [6.45, 7) is 1.78. The Balaban J connectivity index is 0.00000147. The first-order chi connectivity index (χ1) is 8.99. The molecule has 7 N–H and O–H groups in total. The van der Waals surface area contributed by atoms with Gasteiger partial charge in [-0.2, -0.15) is 0 Å². The summed E-state index contributed by atoms with van der Waals surface area (Å²) in [4.78, 5) is 21.0. The van der Waals surface area contributed by atoms with Gasteiger partial charge in [0.1, 0.15) is 17.1 Å². The van der Waals surface area contributed by atoms with Gasteiger partial charge in [-0.1, -0.05) is 0 Å². The number of nitrogens with one attached hydrogen (secondary N) is 3. The van der Waals surface area contributed by atoms with Crippen molar-refractivity contribution in [3.05, 3.63) is 22.1 Å². The maximum Gasteiger partial charge on any atom is 0.276 e. The van der Waals surface area contributed by atoms with Crippen molar-refractivity contribution < 1.29 is 10.2 Å². The lowest BCUT2D eigenvalue weighted by molar-refractivity contribution is 0.0303. The number of hydrogen-bond donors (Lipinski definition) is 6. The van der Waals surface area contributed by atoms with E-state index < -0.39 is 18.2 Å². The Morgan fingerprint density at radius 2 is 2.05 bits per heavy atom. The number of rotatable bonds is 1. The molecule has 3 rings (SSSR count). The number of anilines is 1. The minimum atomic E-state index is -0.962. The molecule has 4 atom stereocenters. The van der Waals surface area contributed by atoms with Gasteiger partial charge in [0.15, 0.2) is 0 Å². The Hall–Kier alpha value is -1.61. The summed E-state index contributed by atoms with van der Waals surface area (Å²) in [7, 11) is 0. The lowest BCUT2D eigenvalue weighted by Gasteiger charge is -2.14. The quantitative estimate of drug-likeness (QED) is 0.400. The van der Waals surface area contributed by atoms with Crippen LogP contribution in [0.15, 0.2) is 11.0 Å². The van der Waals surface area contributed by atoms with Crippen molar-refractivity contribution in [2.75, 3.05) is 5.73 Å². The van der Waals surface area contributed by atoms with E-state index in [1.807, 2.05) is 0 Å². The number of hydrogen-bond acceptors (Lipinski definition) is 6.